The van der Waals surface area contributed by atoms with Crippen LogP contribution >= 0.6 is 0 Å². The summed E-state index contributed by atoms with van der Waals surface area (Å²) in [5.74, 6) is 3.44. The molecule has 1 atom stereocenters. The lowest BCUT2D eigenvalue weighted by Crippen LogP contribution is -2.18. The summed E-state index contributed by atoms with van der Waals surface area (Å²) in [5.41, 5.74) is 3.54. The van der Waals surface area contributed by atoms with Gasteiger partial charge in [0.25, 0.3) is 0 Å². The molecule has 1 unspecified atom stereocenters. The van der Waals surface area contributed by atoms with Crippen LogP contribution in [-0.4, -0.2) is 19.4 Å². The Kier molecular flexibility index (Phi) is 4.08. The Hall–Kier alpha value is -3.21. The first kappa shape index (κ1) is 16.9. The molecular weight excluding hydrogens is 356 g/mol. The van der Waals surface area contributed by atoms with E-state index in [1.54, 1.807) is 0 Å². The fourth-order valence-electron chi connectivity index (χ4n) is 3.87. The van der Waals surface area contributed by atoms with E-state index >= 15 is 0 Å². The number of fused-ring (bicyclic) bond motifs is 2. The molecule has 0 aromatic heterocycles. The first-order valence-corrected chi connectivity index (χ1v) is 9.41. The number of carbonyl (C=O) groups excluding carboxylic acids is 1. The zero-order valence-electron chi connectivity index (χ0n) is 15.6. The van der Waals surface area contributed by atoms with Gasteiger partial charge in [-0.05, 0) is 66.3 Å². The van der Waals surface area contributed by atoms with E-state index in [-0.39, 0.29) is 19.4 Å². The van der Waals surface area contributed by atoms with Crippen molar-refractivity contribution < 1.29 is 23.7 Å². The van der Waals surface area contributed by atoms with Crippen molar-refractivity contribution >= 4 is 17.9 Å². The highest BCUT2D eigenvalue weighted by molar-refractivity contribution is 6.14. The van der Waals surface area contributed by atoms with E-state index in [0.717, 1.165) is 58.1 Å². The molecule has 0 amide bonds. The Morgan fingerprint density at radius 3 is 1.71 bits per heavy atom. The van der Waals surface area contributed by atoms with Gasteiger partial charge in [0.05, 0.1) is 0 Å². The lowest BCUT2D eigenvalue weighted by molar-refractivity contribution is -0.113. The molecule has 28 heavy (non-hydrogen) atoms. The predicted molar refractivity (Wildman–Crippen MR) is 104 cm³/mol. The fraction of sp³-hybridized carbons (Fsp3) is 0.261. The van der Waals surface area contributed by atoms with Gasteiger partial charge in [0.2, 0.25) is 13.6 Å². The van der Waals surface area contributed by atoms with Crippen molar-refractivity contribution in [1.29, 1.82) is 0 Å². The number of hydrogen-bond donors (Lipinski definition) is 0. The van der Waals surface area contributed by atoms with E-state index in [4.69, 9.17) is 18.9 Å². The third-order valence-electron chi connectivity index (χ3n) is 5.20. The summed E-state index contributed by atoms with van der Waals surface area (Å²) in [7, 11) is 0. The van der Waals surface area contributed by atoms with Crippen molar-refractivity contribution in [3.05, 3.63) is 58.7 Å². The highest BCUT2D eigenvalue weighted by Crippen LogP contribution is 2.37. The largest absolute Gasteiger partial charge is 0.454 e. The van der Waals surface area contributed by atoms with Crippen molar-refractivity contribution in [2.24, 2.45) is 5.92 Å². The van der Waals surface area contributed by atoms with Gasteiger partial charge in [-0.25, -0.2) is 0 Å². The molecule has 2 aromatic carbocycles. The van der Waals surface area contributed by atoms with Crippen LogP contribution in [0.2, 0.25) is 0 Å². The highest BCUT2D eigenvalue weighted by Gasteiger charge is 2.26. The smallest absolute Gasteiger partial charge is 0.231 e. The monoisotopic (exact) mass is 376 g/mol. The molecule has 2 heterocycles. The predicted octanol–water partition coefficient (Wildman–Crippen LogP) is 4.61. The molecule has 1 fully saturated rings. The quantitative estimate of drug-likeness (QED) is 0.717. The van der Waals surface area contributed by atoms with Crippen LogP contribution in [0.4, 0.5) is 0 Å². The number of Topliss-reactive ketones (excluding diaryl/α,β-unsaturated/α-hetero) is 1. The van der Waals surface area contributed by atoms with Gasteiger partial charge in [-0.15, -0.1) is 0 Å². The summed E-state index contributed by atoms with van der Waals surface area (Å²) in [6.07, 6.45) is 5.47. The molecule has 142 valence electrons. The third-order valence-corrected chi connectivity index (χ3v) is 5.20. The van der Waals surface area contributed by atoms with E-state index in [2.05, 4.69) is 6.92 Å². The summed E-state index contributed by atoms with van der Waals surface area (Å²) in [4.78, 5) is 13.1. The van der Waals surface area contributed by atoms with Gasteiger partial charge < -0.3 is 18.9 Å². The average molecular weight is 376 g/mol. The number of ketones is 1. The Morgan fingerprint density at radius 2 is 1.21 bits per heavy atom. The second-order valence-corrected chi connectivity index (χ2v) is 7.41. The van der Waals surface area contributed by atoms with Crippen molar-refractivity contribution in [3.8, 4) is 23.0 Å². The number of rotatable bonds is 2. The average Bonchev–Trinajstić information content (AvgIpc) is 3.33. The molecule has 1 saturated carbocycles. The minimum Gasteiger partial charge on any atom is -0.454 e. The van der Waals surface area contributed by atoms with Crippen LogP contribution in [0.15, 0.2) is 47.5 Å². The van der Waals surface area contributed by atoms with E-state index in [0.29, 0.717) is 5.92 Å². The van der Waals surface area contributed by atoms with E-state index < -0.39 is 0 Å². The molecule has 3 aliphatic rings. The van der Waals surface area contributed by atoms with Crippen LogP contribution in [0.1, 0.15) is 30.9 Å². The lowest BCUT2D eigenvalue weighted by atomic mass is 9.81. The molecule has 5 rings (SSSR count). The molecule has 0 N–H and O–H groups in total. The van der Waals surface area contributed by atoms with Gasteiger partial charge in [-0.2, -0.15) is 0 Å². The maximum absolute atomic E-state index is 13.1. The minimum atomic E-state index is 0.105. The Labute approximate surface area is 163 Å². The molecule has 0 spiro atoms. The first-order valence-electron chi connectivity index (χ1n) is 9.41. The van der Waals surface area contributed by atoms with Crippen LogP contribution in [0.5, 0.6) is 23.0 Å². The molecule has 0 radical (unpaired) electrons. The molecule has 0 saturated heterocycles. The first-order chi connectivity index (χ1) is 13.7. The minimum absolute atomic E-state index is 0.105. The molecule has 5 nitrogen and oxygen atoms in total. The SMILES string of the molecule is CC1C/C(=C/c2ccc3c(c2)OCO3)C(=O)/C(=C/c2ccc3c(c2)OCO3)C1. The zero-order valence-corrected chi connectivity index (χ0v) is 15.6. The summed E-state index contributed by atoms with van der Waals surface area (Å²) in [6.45, 7) is 2.66. The standard InChI is InChI=1S/C23H20O5/c1-14-6-17(8-15-2-4-19-21(10-15)27-12-25-19)23(24)18(7-14)9-16-3-5-20-22(11-16)28-13-26-20/h2-5,8-11,14H,6-7,12-13H2,1H3/b17-8-,18-9+. The number of hydrogen-bond acceptors (Lipinski definition) is 5. The summed E-state index contributed by atoms with van der Waals surface area (Å²) in [6, 6.07) is 11.5. The van der Waals surface area contributed by atoms with Crippen LogP contribution < -0.4 is 18.9 Å². The number of ether oxygens (including phenoxy) is 4. The number of allylic oxidation sites excluding steroid dienone is 2. The summed E-state index contributed by atoms with van der Waals surface area (Å²) < 4.78 is 21.6. The van der Waals surface area contributed by atoms with Crippen LogP contribution in [-0.2, 0) is 4.79 Å². The molecule has 1 aliphatic carbocycles. The molecule has 2 aliphatic heterocycles. The fourth-order valence-corrected chi connectivity index (χ4v) is 3.87. The third kappa shape index (κ3) is 3.13. The van der Waals surface area contributed by atoms with Gasteiger partial charge in [-0.1, -0.05) is 19.1 Å². The molecule has 2 aromatic rings. The van der Waals surface area contributed by atoms with E-state index in [1.807, 2.05) is 48.6 Å². The van der Waals surface area contributed by atoms with E-state index in [1.165, 1.54) is 0 Å². The Bertz CT molecular complexity index is 938. The topological polar surface area (TPSA) is 54.0 Å². The summed E-state index contributed by atoms with van der Waals surface area (Å²) >= 11 is 0. The number of benzene rings is 2. The molecular formula is C23H20O5. The van der Waals surface area contributed by atoms with Crippen LogP contribution in [0.25, 0.3) is 12.2 Å². The zero-order chi connectivity index (χ0) is 19.1. The maximum atomic E-state index is 13.1. The van der Waals surface area contributed by atoms with Gasteiger partial charge in [0.15, 0.2) is 28.8 Å². The van der Waals surface area contributed by atoms with Gasteiger partial charge in [-0.3, -0.25) is 4.79 Å². The van der Waals surface area contributed by atoms with Crippen molar-refractivity contribution in [2.45, 2.75) is 19.8 Å². The molecule has 0 bridgehead atoms. The lowest BCUT2D eigenvalue weighted by Gasteiger charge is -2.22. The van der Waals surface area contributed by atoms with Gasteiger partial charge in [0.1, 0.15) is 0 Å². The normalized spacial score (nSPS) is 22.9. The van der Waals surface area contributed by atoms with Crippen LogP contribution in [0, 0.1) is 5.92 Å². The van der Waals surface area contributed by atoms with Gasteiger partial charge >= 0.3 is 0 Å². The molecule has 5 heteroatoms. The van der Waals surface area contributed by atoms with Crippen molar-refractivity contribution in [1.82, 2.24) is 0 Å². The second kappa shape index (κ2) is 6.75. The highest BCUT2D eigenvalue weighted by atomic mass is 16.7. The summed E-state index contributed by atoms with van der Waals surface area (Å²) in [5, 5.41) is 0. The van der Waals surface area contributed by atoms with Crippen molar-refractivity contribution in [2.75, 3.05) is 13.6 Å². The second-order valence-electron chi connectivity index (χ2n) is 7.41. The Morgan fingerprint density at radius 1 is 0.750 bits per heavy atom. The van der Waals surface area contributed by atoms with E-state index in [9.17, 15) is 4.79 Å². The Balaban J connectivity index is 1.45. The maximum Gasteiger partial charge on any atom is 0.231 e. The van der Waals surface area contributed by atoms with Crippen molar-refractivity contribution in [3.63, 3.8) is 0 Å². The van der Waals surface area contributed by atoms with Crippen LogP contribution in [0.3, 0.4) is 0 Å². The van der Waals surface area contributed by atoms with Gasteiger partial charge in [0, 0.05) is 11.1 Å². The number of carbonyl (C=O) groups is 1.